The molecule has 0 radical (unpaired) electrons. The lowest BCUT2D eigenvalue weighted by atomic mass is 10.0. The topological polar surface area (TPSA) is 66.8 Å². The first-order valence-electron chi connectivity index (χ1n) is 4.09. The minimum absolute atomic E-state index is 0.0697. The SMILES string of the molecule is COc1c(C(=O)O)cc(C)c(O)c1C. The average molecular weight is 196 g/mol. The molecule has 1 rings (SSSR count). The van der Waals surface area contributed by atoms with Crippen molar-refractivity contribution in [2.24, 2.45) is 0 Å². The molecule has 0 saturated carbocycles. The molecule has 4 nitrogen and oxygen atoms in total. The maximum atomic E-state index is 10.8. The van der Waals surface area contributed by atoms with E-state index in [9.17, 15) is 9.90 Å². The molecule has 0 spiro atoms. The van der Waals surface area contributed by atoms with E-state index in [-0.39, 0.29) is 17.1 Å². The second-order valence-corrected chi connectivity index (χ2v) is 3.05. The first-order chi connectivity index (χ1) is 6.49. The lowest BCUT2D eigenvalue weighted by Crippen LogP contribution is -2.03. The second kappa shape index (κ2) is 3.57. The number of ether oxygens (including phenoxy) is 1. The molecule has 0 atom stereocenters. The number of carboxylic acids is 1. The van der Waals surface area contributed by atoms with Crippen molar-refractivity contribution in [3.8, 4) is 11.5 Å². The zero-order chi connectivity index (χ0) is 10.9. The molecule has 0 saturated heterocycles. The van der Waals surface area contributed by atoms with Gasteiger partial charge in [-0.3, -0.25) is 0 Å². The highest BCUT2D eigenvalue weighted by Crippen LogP contribution is 2.33. The normalized spacial score (nSPS) is 9.93. The Morgan fingerprint density at radius 3 is 2.43 bits per heavy atom. The van der Waals surface area contributed by atoms with Crippen LogP contribution < -0.4 is 4.74 Å². The number of carbonyl (C=O) groups is 1. The minimum atomic E-state index is -1.06. The van der Waals surface area contributed by atoms with Crippen LogP contribution in [0.4, 0.5) is 0 Å². The van der Waals surface area contributed by atoms with Gasteiger partial charge in [-0.25, -0.2) is 4.79 Å². The van der Waals surface area contributed by atoms with E-state index in [1.807, 2.05) is 0 Å². The fourth-order valence-electron chi connectivity index (χ4n) is 1.38. The number of rotatable bonds is 2. The van der Waals surface area contributed by atoms with Crippen molar-refractivity contribution in [2.45, 2.75) is 13.8 Å². The number of hydrogen-bond acceptors (Lipinski definition) is 3. The molecule has 14 heavy (non-hydrogen) atoms. The number of benzene rings is 1. The van der Waals surface area contributed by atoms with Crippen LogP contribution >= 0.6 is 0 Å². The average Bonchev–Trinajstić information content (AvgIpc) is 2.13. The lowest BCUT2D eigenvalue weighted by Gasteiger charge is -2.11. The number of aromatic hydroxyl groups is 1. The van der Waals surface area contributed by atoms with Gasteiger partial charge in [0.25, 0.3) is 0 Å². The van der Waals surface area contributed by atoms with Gasteiger partial charge in [-0.1, -0.05) is 0 Å². The fraction of sp³-hybridized carbons (Fsp3) is 0.300. The lowest BCUT2D eigenvalue weighted by molar-refractivity contribution is 0.0693. The molecule has 0 aliphatic carbocycles. The second-order valence-electron chi connectivity index (χ2n) is 3.05. The van der Waals surface area contributed by atoms with Gasteiger partial charge < -0.3 is 14.9 Å². The number of carboxylic acid groups (broad SMARTS) is 1. The molecule has 2 N–H and O–H groups in total. The Hall–Kier alpha value is -1.71. The minimum Gasteiger partial charge on any atom is -0.507 e. The summed E-state index contributed by atoms with van der Waals surface area (Å²) in [7, 11) is 1.38. The first kappa shape index (κ1) is 10.4. The Morgan fingerprint density at radius 1 is 1.43 bits per heavy atom. The third-order valence-electron chi connectivity index (χ3n) is 2.11. The summed E-state index contributed by atoms with van der Waals surface area (Å²) in [6.45, 7) is 3.27. The Balaban J connectivity index is 3.51. The van der Waals surface area contributed by atoms with Crippen molar-refractivity contribution in [3.63, 3.8) is 0 Å². The van der Waals surface area contributed by atoms with E-state index in [1.165, 1.54) is 13.2 Å². The first-order valence-corrected chi connectivity index (χ1v) is 4.09. The molecule has 4 heteroatoms. The van der Waals surface area contributed by atoms with E-state index in [0.717, 1.165) is 0 Å². The summed E-state index contributed by atoms with van der Waals surface area (Å²) in [5, 5.41) is 18.4. The van der Waals surface area contributed by atoms with Gasteiger partial charge in [-0.15, -0.1) is 0 Å². The highest BCUT2D eigenvalue weighted by molar-refractivity contribution is 5.92. The summed E-state index contributed by atoms with van der Waals surface area (Å²) < 4.78 is 4.93. The van der Waals surface area contributed by atoms with Gasteiger partial charge in [0.05, 0.1) is 7.11 Å². The molecular weight excluding hydrogens is 184 g/mol. The molecule has 0 fully saturated rings. The van der Waals surface area contributed by atoms with Gasteiger partial charge in [0, 0.05) is 5.56 Å². The molecule has 0 amide bonds. The van der Waals surface area contributed by atoms with E-state index >= 15 is 0 Å². The predicted molar refractivity (Wildman–Crippen MR) is 51.1 cm³/mol. The van der Waals surface area contributed by atoms with Crippen LogP contribution in [-0.4, -0.2) is 23.3 Å². The van der Waals surface area contributed by atoms with Crippen molar-refractivity contribution in [3.05, 3.63) is 22.8 Å². The summed E-state index contributed by atoms with van der Waals surface area (Å²) in [5.74, 6) is -0.777. The Morgan fingerprint density at radius 2 is 2.00 bits per heavy atom. The highest BCUT2D eigenvalue weighted by atomic mass is 16.5. The standard InChI is InChI=1S/C10H12O4/c1-5-4-7(10(12)13)9(14-3)6(2)8(5)11/h4,11H,1-3H3,(H,12,13). The number of aryl methyl sites for hydroxylation is 1. The van der Waals surface area contributed by atoms with E-state index < -0.39 is 5.97 Å². The summed E-state index contributed by atoms with van der Waals surface area (Å²) in [5.41, 5.74) is 1.05. The zero-order valence-electron chi connectivity index (χ0n) is 8.29. The molecule has 0 heterocycles. The van der Waals surface area contributed by atoms with E-state index in [2.05, 4.69) is 0 Å². The maximum absolute atomic E-state index is 10.8. The van der Waals surface area contributed by atoms with Crippen LogP contribution in [0, 0.1) is 13.8 Å². The largest absolute Gasteiger partial charge is 0.507 e. The Labute approximate surface area is 81.8 Å². The molecular formula is C10H12O4. The van der Waals surface area contributed by atoms with Gasteiger partial charge in [0.2, 0.25) is 0 Å². The third kappa shape index (κ3) is 1.51. The number of hydrogen-bond donors (Lipinski definition) is 2. The quantitative estimate of drug-likeness (QED) is 0.755. The van der Waals surface area contributed by atoms with Crippen molar-refractivity contribution in [1.29, 1.82) is 0 Å². The highest BCUT2D eigenvalue weighted by Gasteiger charge is 2.17. The molecule has 0 aromatic heterocycles. The Kier molecular flexibility index (Phi) is 2.65. The summed E-state index contributed by atoms with van der Waals surface area (Å²) in [6, 6.07) is 1.39. The van der Waals surface area contributed by atoms with Crippen LogP contribution in [0.15, 0.2) is 6.07 Å². The van der Waals surface area contributed by atoms with Crippen LogP contribution in [0.3, 0.4) is 0 Å². The van der Waals surface area contributed by atoms with Crippen LogP contribution in [0.2, 0.25) is 0 Å². The van der Waals surface area contributed by atoms with Crippen molar-refractivity contribution < 1.29 is 19.7 Å². The molecule has 1 aromatic rings. The Bertz CT molecular complexity index is 382. The number of aromatic carboxylic acids is 1. The number of methoxy groups -OCH3 is 1. The molecule has 0 unspecified atom stereocenters. The fourth-order valence-corrected chi connectivity index (χ4v) is 1.38. The van der Waals surface area contributed by atoms with Crippen LogP contribution in [-0.2, 0) is 0 Å². The van der Waals surface area contributed by atoms with E-state index in [1.54, 1.807) is 13.8 Å². The van der Waals surface area contributed by atoms with Crippen molar-refractivity contribution in [2.75, 3.05) is 7.11 Å². The predicted octanol–water partition coefficient (Wildman–Crippen LogP) is 1.72. The van der Waals surface area contributed by atoms with Gasteiger partial charge in [-0.2, -0.15) is 0 Å². The maximum Gasteiger partial charge on any atom is 0.339 e. The molecule has 1 aromatic carbocycles. The van der Waals surface area contributed by atoms with Gasteiger partial charge in [0.1, 0.15) is 17.1 Å². The molecule has 0 aliphatic heterocycles. The van der Waals surface area contributed by atoms with E-state index in [4.69, 9.17) is 9.84 Å². The molecule has 76 valence electrons. The number of phenols is 1. The molecule has 0 aliphatic rings. The van der Waals surface area contributed by atoms with Crippen molar-refractivity contribution >= 4 is 5.97 Å². The monoisotopic (exact) mass is 196 g/mol. The van der Waals surface area contributed by atoms with Gasteiger partial charge in [0.15, 0.2) is 0 Å². The summed E-state index contributed by atoms with van der Waals surface area (Å²) in [6.07, 6.45) is 0. The van der Waals surface area contributed by atoms with Crippen LogP contribution in [0.1, 0.15) is 21.5 Å². The summed E-state index contributed by atoms with van der Waals surface area (Å²) >= 11 is 0. The van der Waals surface area contributed by atoms with Gasteiger partial charge in [-0.05, 0) is 25.5 Å². The summed E-state index contributed by atoms with van der Waals surface area (Å²) in [4.78, 5) is 10.8. The van der Waals surface area contributed by atoms with E-state index in [0.29, 0.717) is 11.1 Å². The molecule has 0 bridgehead atoms. The van der Waals surface area contributed by atoms with Crippen LogP contribution in [0.5, 0.6) is 11.5 Å². The van der Waals surface area contributed by atoms with Gasteiger partial charge >= 0.3 is 5.97 Å². The third-order valence-corrected chi connectivity index (χ3v) is 2.11. The van der Waals surface area contributed by atoms with Crippen molar-refractivity contribution in [1.82, 2.24) is 0 Å². The zero-order valence-corrected chi connectivity index (χ0v) is 8.29. The number of phenolic OH excluding ortho intramolecular Hbond substituents is 1. The smallest absolute Gasteiger partial charge is 0.339 e. The van der Waals surface area contributed by atoms with Crippen LogP contribution in [0.25, 0.3) is 0 Å².